The van der Waals surface area contributed by atoms with Crippen molar-refractivity contribution < 1.29 is 4.39 Å². The Bertz CT molecular complexity index is 480. The Labute approximate surface area is 81.8 Å². The number of fused-ring (bicyclic) bond motifs is 1. The number of halogens is 1. The average Bonchev–Trinajstić information content (AvgIpc) is 2.16. The summed E-state index contributed by atoms with van der Waals surface area (Å²) in [5, 5.41) is 4.05. The molecule has 0 unspecified atom stereocenters. The third-order valence-corrected chi connectivity index (χ3v) is 2.27. The molecule has 0 atom stereocenters. The van der Waals surface area contributed by atoms with E-state index in [0.717, 1.165) is 16.6 Å². The van der Waals surface area contributed by atoms with Gasteiger partial charge in [0.1, 0.15) is 5.82 Å². The van der Waals surface area contributed by atoms with Crippen molar-refractivity contribution >= 4 is 16.6 Å². The summed E-state index contributed by atoms with van der Waals surface area (Å²) in [6.07, 6.45) is 1.67. The maximum atomic E-state index is 13.1. The van der Waals surface area contributed by atoms with Crippen molar-refractivity contribution in [2.24, 2.45) is 0 Å². The Morgan fingerprint density at radius 2 is 2.14 bits per heavy atom. The van der Waals surface area contributed by atoms with Crippen molar-refractivity contribution in [3.05, 3.63) is 35.8 Å². The summed E-state index contributed by atoms with van der Waals surface area (Å²) in [4.78, 5) is 4.13. The minimum absolute atomic E-state index is 0.240. The largest absolute Gasteiger partial charge is 0.388 e. The van der Waals surface area contributed by atoms with Crippen LogP contribution in [0.4, 0.5) is 10.1 Å². The Hall–Kier alpha value is -1.64. The van der Waals surface area contributed by atoms with Crippen LogP contribution in [0.1, 0.15) is 5.56 Å². The van der Waals surface area contributed by atoms with Crippen molar-refractivity contribution in [2.75, 3.05) is 12.4 Å². The first kappa shape index (κ1) is 8.94. The minimum Gasteiger partial charge on any atom is -0.388 e. The van der Waals surface area contributed by atoms with E-state index < -0.39 is 0 Å². The quantitative estimate of drug-likeness (QED) is 0.747. The molecule has 2 rings (SSSR count). The highest BCUT2D eigenvalue weighted by Crippen LogP contribution is 2.25. The number of pyridine rings is 1. The molecule has 0 aliphatic rings. The van der Waals surface area contributed by atoms with Crippen molar-refractivity contribution in [3.8, 4) is 0 Å². The van der Waals surface area contributed by atoms with Crippen LogP contribution in [-0.2, 0) is 0 Å². The van der Waals surface area contributed by atoms with Gasteiger partial charge in [0.05, 0.1) is 5.52 Å². The number of aromatic nitrogens is 1. The summed E-state index contributed by atoms with van der Waals surface area (Å²) in [5.41, 5.74) is 2.57. The lowest BCUT2D eigenvalue weighted by Gasteiger charge is -2.07. The Morgan fingerprint density at radius 3 is 2.86 bits per heavy atom. The van der Waals surface area contributed by atoms with E-state index in [1.165, 1.54) is 12.1 Å². The second-order valence-corrected chi connectivity index (χ2v) is 3.23. The van der Waals surface area contributed by atoms with Gasteiger partial charge in [-0.15, -0.1) is 0 Å². The zero-order valence-corrected chi connectivity index (χ0v) is 8.13. The summed E-state index contributed by atoms with van der Waals surface area (Å²) < 4.78 is 13.1. The number of hydrogen-bond donors (Lipinski definition) is 1. The molecule has 14 heavy (non-hydrogen) atoms. The number of nitrogens with zero attached hydrogens (tertiary/aromatic N) is 1. The zero-order valence-electron chi connectivity index (χ0n) is 8.13. The van der Waals surface area contributed by atoms with Gasteiger partial charge in [-0.3, -0.25) is 4.98 Å². The number of aryl methyl sites for hydroxylation is 1. The molecule has 0 radical (unpaired) electrons. The molecule has 3 heteroatoms. The molecule has 0 aliphatic heterocycles. The first-order valence-electron chi connectivity index (χ1n) is 4.45. The molecule has 0 amide bonds. The van der Waals surface area contributed by atoms with E-state index in [0.29, 0.717) is 5.52 Å². The van der Waals surface area contributed by atoms with Crippen LogP contribution in [0.3, 0.4) is 0 Å². The van der Waals surface area contributed by atoms with Gasteiger partial charge in [0.25, 0.3) is 0 Å². The second-order valence-electron chi connectivity index (χ2n) is 3.23. The van der Waals surface area contributed by atoms with E-state index >= 15 is 0 Å². The van der Waals surface area contributed by atoms with Crippen LogP contribution in [0.15, 0.2) is 24.4 Å². The predicted octanol–water partition coefficient (Wildman–Crippen LogP) is 2.72. The number of nitrogens with one attached hydrogen (secondary N) is 1. The monoisotopic (exact) mass is 190 g/mol. The van der Waals surface area contributed by atoms with Crippen LogP contribution in [0, 0.1) is 12.7 Å². The summed E-state index contributed by atoms with van der Waals surface area (Å²) in [6, 6.07) is 4.85. The molecule has 0 saturated heterocycles. The maximum Gasteiger partial charge on any atom is 0.125 e. The number of hydrogen-bond acceptors (Lipinski definition) is 2. The Kier molecular flexibility index (Phi) is 2.08. The fourth-order valence-electron chi connectivity index (χ4n) is 1.66. The molecule has 1 heterocycles. The number of benzene rings is 1. The van der Waals surface area contributed by atoms with Gasteiger partial charge >= 0.3 is 0 Å². The van der Waals surface area contributed by atoms with E-state index in [4.69, 9.17) is 0 Å². The lowest BCUT2D eigenvalue weighted by molar-refractivity contribution is 0.628. The lowest BCUT2D eigenvalue weighted by Crippen LogP contribution is -1.93. The molecule has 2 aromatic rings. The Morgan fingerprint density at radius 1 is 1.36 bits per heavy atom. The smallest absolute Gasteiger partial charge is 0.125 e. The molecule has 72 valence electrons. The molecular formula is C11H11FN2. The topological polar surface area (TPSA) is 24.9 Å². The molecule has 0 aliphatic carbocycles. The fourth-order valence-corrected chi connectivity index (χ4v) is 1.66. The van der Waals surface area contributed by atoms with Crippen LogP contribution in [0.25, 0.3) is 10.9 Å². The zero-order chi connectivity index (χ0) is 10.1. The van der Waals surface area contributed by atoms with Crippen molar-refractivity contribution in [1.29, 1.82) is 0 Å². The second kappa shape index (κ2) is 3.25. The first-order valence-corrected chi connectivity index (χ1v) is 4.45. The third-order valence-electron chi connectivity index (χ3n) is 2.27. The minimum atomic E-state index is -0.240. The summed E-state index contributed by atoms with van der Waals surface area (Å²) >= 11 is 0. The van der Waals surface area contributed by atoms with Gasteiger partial charge in [0.2, 0.25) is 0 Å². The third kappa shape index (κ3) is 1.31. The van der Waals surface area contributed by atoms with Gasteiger partial charge in [-0.1, -0.05) is 0 Å². The molecule has 0 fully saturated rings. The molecule has 0 spiro atoms. The lowest BCUT2D eigenvalue weighted by atomic mass is 10.1. The van der Waals surface area contributed by atoms with Crippen molar-refractivity contribution in [1.82, 2.24) is 4.98 Å². The van der Waals surface area contributed by atoms with E-state index in [1.54, 1.807) is 6.20 Å². The Balaban J connectivity index is 2.87. The molecule has 2 nitrogen and oxygen atoms in total. The van der Waals surface area contributed by atoms with Gasteiger partial charge in [0.15, 0.2) is 0 Å². The summed E-state index contributed by atoms with van der Waals surface area (Å²) in [7, 11) is 1.84. The maximum absolute atomic E-state index is 13.1. The highest BCUT2D eigenvalue weighted by molar-refractivity contribution is 5.93. The SMILES string of the molecule is CNc1ccnc2cc(F)cc(C)c12. The fraction of sp³-hybridized carbons (Fsp3) is 0.182. The molecule has 0 bridgehead atoms. The van der Waals surface area contributed by atoms with Crippen LogP contribution in [-0.4, -0.2) is 12.0 Å². The number of rotatable bonds is 1. The van der Waals surface area contributed by atoms with Crippen molar-refractivity contribution in [3.63, 3.8) is 0 Å². The molecule has 1 aromatic carbocycles. The van der Waals surface area contributed by atoms with Crippen LogP contribution >= 0.6 is 0 Å². The highest BCUT2D eigenvalue weighted by Gasteiger charge is 2.05. The van der Waals surface area contributed by atoms with E-state index in [-0.39, 0.29) is 5.82 Å². The summed E-state index contributed by atoms with van der Waals surface area (Å²) in [6.45, 7) is 1.88. The van der Waals surface area contributed by atoms with E-state index in [2.05, 4.69) is 10.3 Å². The van der Waals surface area contributed by atoms with Gasteiger partial charge in [0, 0.05) is 30.4 Å². The highest BCUT2D eigenvalue weighted by atomic mass is 19.1. The molecule has 0 saturated carbocycles. The summed E-state index contributed by atoms with van der Waals surface area (Å²) in [5.74, 6) is -0.240. The first-order chi connectivity index (χ1) is 6.72. The normalized spacial score (nSPS) is 10.5. The van der Waals surface area contributed by atoms with Gasteiger partial charge < -0.3 is 5.32 Å². The number of anilines is 1. The van der Waals surface area contributed by atoms with E-state index in [1.807, 2.05) is 20.0 Å². The molecule has 1 aromatic heterocycles. The van der Waals surface area contributed by atoms with Gasteiger partial charge in [-0.05, 0) is 24.6 Å². The van der Waals surface area contributed by atoms with Gasteiger partial charge in [-0.25, -0.2) is 4.39 Å². The van der Waals surface area contributed by atoms with Crippen LogP contribution < -0.4 is 5.32 Å². The molecular weight excluding hydrogens is 179 g/mol. The average molecular weight is 190 g/mol. The van der Waals surface area contributed by atoms with Crippen molar-refractivity contribution in [2.45, 2.75) is 6.92 Å². The predicted molar refractivity (Wildman–Crippen MR) is 56.0 cm³/mol. The standard InChI is InChI=1S/C11H11FN2/c1-7-5-8(12)6-10-11(7)9(13-2)3-4-14-10/h3-6H,1-2H3,(H,13,14). The van der Waals surface area contributed by atoms with E-state index in [9.17, 15) is 4.39 Å². The molecule has 1 N–H and O–H groups in total. The van der Waals surface area contributed by atoms with Crippen LogP contribution in [0.5, 0.6) is 0 Å². The van der Waals surface area contributed by atoms with Crippen LogP contribution in [0.2, 0.25) is 0 Å². The van der Waals surface area contributed by atoms with Gasteiger partial charge in [-0.2, -0.15) is 0 Å².